The van der Waals surface area contributed by atoms with E-state index in [9.17, 15) is 28.8 Å². The normalized spacial score (nSPS) is 26.7. The largest absolute Gasteiger partial charge is 0.477 e. The van der Waals surface area contributed by atoms with Gasteiger partial charge in [-0.1, -0.05) is 0 Å². The van der Waals surface area contributed by atoms with E-state index in [1.165, 1.54) is 20.0 Å². The zero-order valence-electron chi connectivity index (χ0n) is 12.0. The number of hydrogen-bond acceptors (Lipinski definition) is 5. The van der Waals surface area contributed by atoms with Crippen LogP contribution < -0.4 is 5.32 Å². The lowest BCUT2D eigenvalue weighted by molar-refractivity contribution is -0.161. The Morgan fingerprint density at radius 1 is 1.50 bits per heavy atom. The maximum absolute atomic E-state index is 12.2. The summed E-state index contributed by atoms with van der Waals surface area (Å²) in [4.78, 5) is 35.3. The van der Waals surface area contributed by atoms with Crippen LogP contribution >= 0.6 is 0 Å². The van der Waals surface area contributed by atoms with E-state index in [2.05, 4.69) is 5.32 Å². The molecule has 22 heavy (non-hydrogen) atoms. The smallest absolute Gasteiger partial charge is 0.353 e. The van der Waals surface area contributed by atoms with Crippen molar-refractivity contribution < 1.29 is 28.8 Å². The van der Waals surface area contributed by atoms with Crippen LogP contribution in [0.5, 0.6) is 0 Å². The lowest BCUT2D eigenvalue weighted by atomic mass is 9.83. The van der Waals surface area contributed by atoms with Gasteiger partial charge in [-0.05, 0) is 6.92 Å². The van der Waals surface area contributed by atoms with Crippen molar-refractivity contribution in [1.82, 2.24) is 10.2 Å². The topological polar surface area (TPSA) is 124 Å². The number of amides is 2. The van der Waals surface area contributed by atoms with Gasteiger partial charge in [0.05, 0.1) is 33.8 Å². The molecule has 4 atom stereocenters. The van der Waals surface area contributed by atoms with Gasteiger partial charge in [0, 0.05) is 25.0 Å². The van der Waals surface area contributed by atoms with Crippen molar-refractivity contribution in [3.8, 4) is 0 Å². The number of carboxylic acid groups (broad SMARTS) is 1. The number of nitrogens with one attached hydrogen (secondary N) is 1. The van der Waals surface area contributed by atoms with Gasteiger partial charge in [0.25, 0.3) is 0 Å². The third-order valence-electron chi connectivity index (χ3n) is 3.61. The third-order valence-corrected chi connectivity index (χ3v) is 4.84. The summed E-state index contributed by atoms with van der Waals surface area (Å²) < 4.78 is 12.2. The molecule has 0 spiro atoms. The second-order valence-electron chi connectivity index (χ2n) is 5.12. The number of rotatable bonds is 5. The maximum atomic E-state index is 12.2. The van der Waals surface area contributed by atoms with Gasteiger partial charge < -0.3 is 20.4 Å². The summed E-state index contributed by atoms with van der Waals surface area (Å²) in [5.41, 5.74) is -0.294. The van der Waals surface area contributed by atoms with Gasteiger partial charge in [-0.25, -0.2) is 9.00 Å². The average molecular weight is 328 g/mol. The molecular weight excluding hydrogens is 312 g/mol. The van der Waals surface area contributed by atoms with Crippen LogP contribution in [0.2, 0.25) is 0 Å². The average Bonchev–Trinajstić information content (AvgIpc) is 2.72. The van der Waals surface area contributed by atoms with E-state index in [1.54, 1.807) is 0 Å². The number of hydrogen-bond donors (Lipinski definition) is 3. The molecule has 1 saturated heterocycles. The van der Waals surface area contributed by atoms with Crippen LogP contribution in [0, 0.1) is 5.92 Å². The Balaban J connectivity index is 2.25. The zero-order valence-corrected chi connectivity index (χ0v) is 12.8. The first-order chi connectivity index (χ1) is 10.3. The maximum Gasteiger partial charge on any atom is 0.353 e. The minimum Gasteiger partial charge on any atom is -0.477 e. The first kappa shape index (κ1) is 16.4. The predicted octanol–water partition coefficient (Wildman–Crippen LogP) is -0.750. The van der Waals surface area contributed by atoms with E-state index in [-0.39, 0.29) is 22.9 Å². The Bertz CT molecular complexity index is 624. The summed E-state index contributed by atoms with van der Waals surface area (Å²) in [5.74, 6) is -2.84. The number of aliphatic carboxylic acids is 1. The SMILES string of the molecule is CC(=O)N/C=C/S(=O)C1=C(C(=O)O)N2C(=O)[C@H]([C@H](C)O)[C@H]2C1. The summed E-state index contributed by atoms with van der Waals surface area (Å²) in [7, 11) is -1.78. The summed E-state index contributed by atoms with van der Waals surface area (Å²) >= 11 is 0. The fourth-order valence-electron chi connectivity index (χ4n) is 2.71. The number of nitrogens with zero attached hydrogens (tertiary/aromatic N) is 1. The van der Waals surface area contributed by atoms with Crippen LogP contribution in [0.15, 0.2) is 22.2 Å². The Morgan fingerprint density at radius 2 is 2.14 bits per heavy atom. The molecule has 0 aromatic carbocycles. The van der Waals surface area contributed by atoms with Gasteiger partial charge in [0.2, 0.25) is 11.8 Å². The van der Waals surface area contributed by atoms with Crippen LogP contribution in [0.1, 0.15) is 20.3 Å². The molecule has 1 unspecified atom stereocenters. The van der Waals surface area contributed by atoms with Gasteiger partial charge in [-0.2, -0.15) is 0 Å². The molecule has 0 saturated carbocycles. The molecule has 0 aliphatic carbocycles. The minimum atomic E-state index is -1.78. The number of β-lactam (4-membered cyclic amide) rings is 1. The molecule has 0 aromatic heterocycles. The number of carboxylic acids is 1. The van der Waals surface area contributed by atoms with Gasteiger partial charge in [0.1, 0.15) is 5.70 Å². The number of aliphatic hydroxyl groups is 1. The Kier molecular flexibility index (Phi) is 4.47. The van der Waals surface area contributed by atoms with Crippen LogP contribution in [0.3, 0.4) is 0 Å². The van der Waals surface area contributed by atoms with Crippen molar-refractivity contribution in [3.05, 3.63) is 22.2 Å². The van der Waals surface area contributed by atoms with Gasteiger partial charge in [-0.3, -0.25) is 9.59 Å². The summed E-state index contributed by atoms with van der Waals surface area (Å²) in [6, 6.07) is -0.480. The van der Waals surface area contributed by atoms with Crippen LogP contribution in [0.25, 0.3) is 0 Å². The standard InChI is InChI=1S/C13H16N2O6S/c1-6(16)10-8-5-9(22(21)4-3-14-7(2)17)11(13(19)20)15(8)12(10)18/h3-4,6,8,10,16H,5H2,1-2H3,(H,14,17)(H,19,20)/b4-3+/t6-,8+,10+,22?/m0/s1. The Morgan fingerprint density at radius 3 is 2.64 bits per heavy atom. The molecule has 2 rings (SSSR count). The predicted molar refractivity (Wildman–Crippen MR) is 76.2 cm³/mol. The number of carbonyl (C=O) groups excluding carboxylic acids is 2. The molecule has 2 heterocycles. The summed E-state index contributed by atoms with van der Waals surface area (Å²) in [6.07, 6.45) is 0.403. The monoisotopic (exact) mass is 328 g/mol. The fraction of sp³-hybridized carbons (Fsp3) is 0.462. The molecule has 120 valence electrons. The molecule has 0 aromatic rings. The molecule has 2 amide bonds. The molecule has 1 fully saturated rings. The molecule has 2 aliphatic rings. The quantitative estimate of drug-likeness (QED) is 0.571. The summed E-state index contributed by atoms with van der Waals surface area (Å²) in [5, 5.41) is 22.3. The first-order valence-electron chi connectivity index (χ1n) is 6.57. The van der Waals surface area contributed by atoms with Crippen LogP contribution in [-0.4, -0.2) is 49.3 Å². The van der Waals surface area contributed by atoms with Crippen molar-refractivity contribution >= 4 is 28.6 Å². The van der Waals surface area contributed by atoms with E-state index in [0.717, 1.165) is 10.3 Å². The van der Waals surface area contributed by atoms with Crippen molar-refractivity contribution in [2.24, 2.45) is 5.92 Å². The number of carbonyl (C=O) groups is 3. The highest BCUT2D eigenvalue weighted by Crippen LogP contribution is 2.44. The Labute approximate surface area is 128 Å². The van der Waals surface area contributed by atoms with Crippen molar-refractivity contribution in [1.29, 1.82) is 0 Å². The number of aliphatic hydroxyl groups excluding tert-OH is 1. The highest BCUT2D eigenvalue weighted by Gasteiger charge is 2.57. The highest BCUT2D eigenvalue weighted by molar-refractivity contribution is 7.91. The fourth-order valence-corrected chi connectivity index (χ4v) is 3.77. The lowest BCUT2D eigenvalue weighted by Crippen LogP contribution is -2.61. The first-order valence-corrected chi connectivity index (χ1v) is 7.79. The van der Waals surface area contributed by atoms with Gasteiger partial charge in [-0.15, -0.1) is 0 Å². The minimum absolute atomic E-state index is 0.107. The van der Waals surface area contributed by atoms with Crippen LogP contribution in [0.4, 0.5) is 0 Å². The van der Waals surface area contributed by atoms with Crippen molar-refractivity contribution in [2.45, 2.75) is 32.4 Å². The third kappa shape index (κ3) is 2.69. The zero-order chi connectivity index (χ0) is 16.6. The molecule has 0 radical (unpaired) electrons. The second kappa shape index (κ2) is 6.01. The van der Waals surface area contributed by atoms with E-state index in [1.807, 2.05) is 0 Å². The van der Waals surface area contributed by atoms with E-state index in [4.69, 9.17) is 0 Å². The second-order valence-corrected chi connectivity index (χ2v) is 6.48. The van der Waals surface area contributed by atoms with Gasteiger partial charge in [0.15, 0.2) is 0 Å². The molecular formula is C13H16N2O6S. The van der Waals surface area contributed by atoms with E-state index < -0.39 is 40.7 Å². The van der Waals surface area contributed by atoms with Crippen molar-refractivity contribution in [2.75, 3.05) is 0 Å². The Hall–Kier alpha value is -2.00. The van der Waals surface area contributed by atoms with Gasteiger partial charge >= 0.3 is 5.97 Å². The van der Waals surface area contributed by atoms with Crippen LogP contribution in [-0.2, 0) is 25.2 Å². The highest BCUT2D eigenvalue weighted by atomic mass is 32.2. The molecule has 8 nitrogen and oxygen atoms in total. The van der Waals surface area contributed by atoms with E-state index in [0.29, 0.717) is 0 Å². The molecule has 2 aliphatic heterocycles. The molecule has 0 bridgehead atoms. The van der Waals surface area contributed by atoms with E-state index >= 15 is 0 Å². The number of fused-ring (bicyclic) bond motifs is 1. The molecule has 9 heteroatoms. The molecule has 3 N–H and O–H groups in total. The van der Waals surface area contributed by atoms with Crippen molar-refractivity contribution in [3.63, 3.8) is 0 Å². The lowest BCUT2D eigenvalue weighted by Gasteiger charge is -2.44. The summed E-state index contributed by atoms with van der Waals surface area (Å²) in [6.45, 7) is 2.74.